The van der Waals surface area contributed by atoms with Gasteiger partial charge in [0.1, 0.15) is 0 Å². The van der Waals surface area contributed by atoms with Crippen molar-refractivity contribution in [1.29, 1.82) is 0 Å². The molecule has 0 amide bonds. The van der Waals surface area contributed by atoms with E-state index in [4.69, 9.17) is 5.11 Å². The van der Waals surface area contributed by atoms with Crippen molar-refractivity contribution >= 4 is 11.9 Å². The van der Waals surface area contributed by atoms with E-state index in [1.54, 1.807) is 12.1 Å². The number of carbonyl (C=O) groups excluding carboxylic acids is 1. The molecule has 4 heteroatoms. The smallest absolute Gasteiger partial charge is 0.341 e. The van der Waals surface area contributed by atoms with E-state index in [2.05, 4.69) is 32.4 Å². The first-order valence-corrected chi connectivity index (χ1v) is 6.68. The van der Waals surface area contributed by atoms with Crippen LogP contribution in [0.3, 0.4) is 0 Å². The fraction of sp³-hybridized carbons (Fsp3) is 0.500. The van der Waals surface area contributed by atoms with Crippen molar-refractivity contribution in [2.75, 3.05) is 6.61 Å². The highest BCUT2D eigenvalue weighted by Crippen LogP contribution is 2.30. The molecule has 1 N–H and O–H groups in total. The maximum absolute atomic E-state index is 11.6. The average Bonchev–Trinajstić information content (AvgIpc) is 2.34. The molecule has 0 aliphatic heterocycles. The van der Waals surface area contributed by atoms with Crippen LogP contribution in [-0.4, -0.2) is 23.7 Å². The molecule has 1 aromatic carbocycles. The Morgan fingerprint density at radius 1 is 1.20 bits per heavy atom. The Morgan fingerprint density at radius 2 is 1.75 bits per heavy atom. The van der Waals surface area contributed by atoms with E-state index in [0.717, 1.165) is 12.0 Å². The minimum absolute atomic E-state index is 0.249. The summed E-state index contributed by atoms with van der Waals surface area (Å²) in [5, 5.41) is 8.46. The van der Waals surface area contributed by atoms with Crippen LogP contribution < -0.4 is 0 Å². The second kappa shape index (κ2) is 6.55. The van der Waals surface area contributed by atoms with Crippen LogP contribution >= 0.6 is 0 Å². The zero-order valence-corrected chi connectivity index (χ0v) is 12.5. The molecule has 0 spiro atoms. The van der Waals surface area contributed by atoms with E-state index in [0.29, 0.717) is 11.5 Å². The molecule has 20 heavy (non-hydrogen) atoms. The van der Waals surface area contributed by atoms with Crippen LogP contribution in [-0.2, 0) is 9.53 Å². The molecular formula is C16H22O4. The lowest BCUT2D eigenvalue weighted by Gasteiger charge is -2.23. The van der Waals surface area contributed by atoms with Gasteiger partial charge in [0.25, 0.3) is 0 Å². The zero-order valence-electron chi connectivity index (χ0n) is 12.5. The summed E-state index contributed by atoms with van der Waals surface area (Å²) in [6.07, 6.45) is 1.05. The van der Waals surface area contributed by atoms with Gasteiger partial charge in [0.05, 0.1) is 5.56 Å². The number of benzene rings is 1. The molecule has 0 aliphatic rings. The first-order valence-electron chi connectivity index (χ1n) is 6.68. The summed E-state index contributed by atoms with van der Waals surface area (Å²) in [4.78, 5) is 21.9. The number of hydrogen-bond donors (Lipinski definition) is 1. The summed E-state index contributed by atoms with van der Waals surface area (Å²) in [6, 6.07) is 7.15. The lowest BCUT2D eigenvalue weighted by molar-refractivity contribution is -0.140. The molecule has 1 aromatic rings. The molecule has 0 bridgehead atoms. The van der Waals surface area contributed by atoms with Gasteiger partial charge >= 0.3 is 11.9 Å². The molecule has 0 saturated heterocycles. The molecule has 1 atom stereocenters. The standard InChI is InChI=1S/C16H22O4/c1-11(9-16(2,3)4)12-5-7-13(8-6-12)15(19)20-10-14(17)18/h5-8,11H,9-10H2,1-4H3,(H,17,18). The number of ether oxygens (including phenoxy) is 1. The zero-order chi connectivity index (χ0) is 15.3. The highest BCUT2D eigenvalue weighted by molar-refractivity contribution is 5.90. The SMILES string of the molecule is CC(CC(C)(C)C)c1ccc(C(=O)OCC(=O)O)cc1. The van der Waals surface area contributed by atoms with Gasteiger partial charge in [0.15, 0.2) is 6.61 Å². The second-order valence-corrected chi connectivity index (χ2v) is 6.26. The Morgan fingerprint density at radius 3 is 2.20 bits per heavy atom. The van der Waals surface area contributed by atoms with E-state index in [1.807, 2.05) is 12.1 Å². The largest absolute Gasteiger partial charge is 0.479 e. The van der Waals surface area contributed by atoms with Gasteiger partial charge in [-0.25, -0.2) is 9.59 Å². The van der Waals surface area contributed by atoms with Crippen molar-refractivity contribution < 1.29 is 19.4 Å². The van der Waals surface area contributed by atoms with Gasteiger partial charge in [-0.2, -0.15) is 0 Å². The molecule has 1 unspecified atom stereocenters. The number of esters is 1. The first kappa shape index (κ1) is 16.2. The van der Waals surface area contributed by atoms with Crippen molar-refractivity contribution in [3.63, 3.8) is 0 Å². The number of carboxylic acids is 1. The molecule has 0 heterocycles. The van der Waals surface area contributed by atoms with Crippen molar-refractivity contribution in [2.24, 2.45) is 5.41 Å². The van der Waals surface area contributed by atoms with Crippen LogP contribution in [0.4, 0.5) is 0 Å². The molecule has 0 aliphatic carbocycles. The summed E-state index contributed by atoms with van der Waals surface area (Å²) in [7, 11) is 0. The van der Waals surface area contributed by atoms with Crippen LogP contribution in [0.25, 0.3) is 0 Å². The van der Waals surface area contributed by atoms with Crippen LogP contribution in [0.5, 0.6) is 0 Å². The molecule has 0 aromatic heterocycles. The maximum atomic E-state index is 11.6. The minimum Gasteiger partial charge on any atom is -0.479 e. The lowest BCUT2D eigenvalue weighted by atomic mass is 9.82. The number of carboxylic acid groups (broad SMARTS) is 1. The predicted octanol–water partition coefficient (Wildman–Crippen LogP) is 3.47. The van der Waals surface area contributed by atoms with E-state index in [1.165, 1.54) is 0 Å². The summed E-state index contributed by atoms with van der Waals surface area (Å²) in [5.74, 6) is -1.37. The summed E-state index contributed by atoms with van der Waals surface area (Å²) < 4.78 is 4.63. The van der Waals surface area contributed by atoms with Gasteiger partial charge in [-0.05, 0) is 35.4 Å². The van der Waals surface area contributed by atoms with Gasteiger partial charge in [0, 0.05) is 0 Å². The van der Waals surface area contributed by atoms with Gasteiger partial charge in [-0.15, -0.1) is 0 Å². The van der Waals surface area contributed by atoms with Crippen LogP contribution in [0.15, 0.2) is 24.3 Å². The molecular weight excluding hydrogens is 256 g/mol. The molecule has 0 fully saturated rings. The minimum atomic E-state index is -1.16. The number of aliphatic carboxylic acids is 1. The monoisotopic (exact) mass is 278 g/mol. The fourth-order valence-electron chi connectivity index (χ4n) is 2.19. The third kappa shape index (κ3) is 5.43. The van der Waals surface area contributed by atoms with Gasteiger partial charge < -0.3 is 9.84 Å². The summed E-state index contributed by atoms with van der Waals surface area (Å²) in [6.45, 7) is 8.13. The second-order valence-electron chi connectivity index (χ2n) is 6.26. The van der Waals surface area contributed by atoms with Crippen molar-refractivity contribution in [1.82, 2.24) is 0 Å². The topological polar surface area (TPSA) is 63.6 Å². The summed E-state index contributed by atoms with van der Waals surface area (Å²) in [5.41, 5.74) is 1.78. The van der Waals surface area contributed by atoms with Crippen LogP contribution in [0, 0.1) is 5.41 Å². The Hall–Kier alpha value is -1.84. The molecule has 0 radical (unpaired) electrons. The Balaban J connectivity index is 2.68. The van der Waals surface area contributed by atoms with Crippen molar-refractivity contribution in [3.05, 3.63) is 35.4 Å². The van der Waals surface area contributed by atoms with Gasteiger partial charge in [-0.3, -0.25) is 0 Å². The van der Waals surface area contributed by atoms with Crippen molar-refractivity contribution in [2.45, 2.75) is 40.0 Å². The van der Waals surface area contributed by atoms with Crippen LogP contribution in [0.1, 0.15) is 56.0 Å². The lowest BCUT2D eigenvalue weighted by Crippen LogP contribution is -2.13. The third-order valence-corrected chi connectivity index (χ3v) is 2.96. The molecule has 1 rings (SSSR count). The van der Waals surface area contributed by atoms with Crippen molar-refractivity contribution in [3.8, 4) is 0 Å². The number of hydrogen-bond acceptors (Lipinski definition) is 3. The molecule has 110 valence electrons. The number of carbonyl (C=O) groups is 2. The Bertz CT molecular complexity index is 468. The highest BCUT2D eigenvalue weighted by Gasteiger charge is 2.17. The maximum Gasteiger partial charge on any atom is 0.341 e. The van der Waals surface area contributed by atoms with E-state index >= 15 is 0 Å². The average molecular weight is 278 g/mol. The highest BCUT2D eigenvalue weighted by atomic mass is 16.5. The summed E-state index contributed by atoms with van der Waals surface area (Å²) >= 11 is 0. The normalized spacial score (nSPS) is 12.8. The van der Waals surface area contributed by atoms with Crippen LogP contribution in [0.2, 0.25) is 0 Å². The number of rotatable bonds is 5. The predicted molar refractivity (Wildman–Crippen MR) is 76.8 cm³/mol. The fourth-order valence-corrected chi connectivity index (χ4v) is 2.19. The molecule has 4 nitrogen and oxygen atoms in total. The first-order chi connectivity index (χ1) is 9.19. The van der Waals surface area contributed by atoms with Gasteiger partial charge in [0.2, 0.25) is 0 Å². The Kier molecular flexibility index (Phi) is 5.31. The quantitative estimate of drug-likeness (QED) is 0.838. The van der Waals surface area contributed by atoms with Gasteiger partial charge in [-0.1, -0.05) is 39.8 Å². The van der Waals surface area contributed by atoms with E-state index in [-0.39, 0.29) is 5.41 Å². The van der Waals surface area contributed by atoms with E-state index in [9.17, 15) is 9.59 Å². The Labute approximate surface area is 119 Å². The van der Waals surface area contributed by atoms with E-state index < -0.39 is 18.5 Å². The third-order valence-electron chi connectivity index (χ3n) is 2.96. The molecule has 0 saturated carbocycles.